The number of anilines is 1. The minimum absolute atomic E-state index is 0.377. The zero-order chi connectivity index (χ0) is 19.1. The van der Waals surface area contributed by atoms with E-state index in [1.54, 1.807) is 0 Å². The van der Waals surface area contributed by atoms with Crippen molar-refractivity contribution in [1.82, 2.24) is 4.90 Å². The molecule has 2 fully saturated rings. The van der Waals surface area contributed by atoms with Crippen molar-refractivity contribution in [1.29, 1.82) is 0 Å². The van der Waals surface area contributed by atoms with Gasteiger partial charge in [0.25, 0.3) is 0 Å². The predicted molar refractivity (Wildman–Crippen MR) is 104 cm³/mol. The molecule has 27 heavy (non-hydrogen) atoms. The van der Waals surface area contributed by atoms with Gasteiger partial charge in [-0.1, -0.05) is 37.8 Å². The molecule has 1 aliphatic heterocycles. The van der Waals surface area contributed by atoms with Crippen LogP contribution in [0.4, 0.5) is 5.69 Å². The number of morpholine rings is 1. The maximum Gasteiger partial charge on any atom is 0.319 e. The number of hydrogen-bond acceptors (Lipinski definition) is 4. The molecular weight excluding hydrogens is 344 g/mol. The van der Waals surface area contributed by atoms with E-state index in [2.05, 4.69) is 10.2 Å². The molecule has 0 atom stereocenters. The van der Waals surface area contributed by atoms with E-state index in [1.807, 2.05) is 24.3 Å². The molecule has 0 spiro atoms. The lowest BCUT2D eigenvalue weighted by Gasteiger charge is -2.27. The second kappa shape index (κ2) is 9.33. The van der Waals surface area contributed by atoms with Crippen LogP contribution in [0.5, 0.6) is 0 Å². The van der Waals surface area contributed by atoms with Crippen LogP contribution in [-0.4, -0.2) is 54.7 Å². The maximum atomic E-state index is 12.8. The number of amides is 1. The van der Waals surface area contributed by atoms with E-state index < -0.39 is 11.4 Å². The number of carbonyl (C=O) groups is 2. The molecule has 0 unspecified atom stereocenters. The van der Waals surface area contributed by atoms with Gasteiger partial charge in [-0.2, -0.15) is 0 Å². The van der Waals surface area contributed by atoms with Gasteiger partial charge in [0.05, 0.1) is 13.2 Å². The van der Waals surface area contributed by atoms with E-state index in [9.17, 15) is 14.7 Å². The number of rotatable bonds is 6. The Labute approximate surface area is 160 Å². The van der Waals surface area contributed by atoms with Gasteiger partial charge in [0.1, 0.15) is 5.41 Å². The zero-order valence-electron chi connectivity index (χ0n) is 15.9. The number of carboxylic acids is 1. The molecule has 2 N–H and O–H groups in total. The van der Waals surface area contributed by atoms with Gasteiger partial charge in [-0.15, -0.1) is 0 Å². The number of nitrogens with zero attached hydrogens (tertiary/aromatic N) is 1. The van der Waals surface area contributed by atoms with Crippen molar-refractivity contribution in [2.45, 2.75) is 44.9 Å². The number of carboxylic acid groups (broad SMARTS) is 1. The lowest BCUT2D eigenvalue weighted by molar-refractivity contribution is -0.155. The summed E-state index contributed by atoms with van der Waals surface area (Å²) in [5.41, 5.74) is 0.591. The Balaban J connectivity index is 1.57. The van der Waals surface area contributed by atoms with Crippen LogP contribution in [0.15, 0.2) is 24.3 Å². The van der Waals surface area contributed by atoms with Crippen LogP contribution in [-0.2, 0) is 20.7 Å². The van der Waals surface area contributed by atoms with Crippen molar-refractivity contribution in [3.8, 4) is 0 Å². The summed E-state index contributed by atoms with van der Waals surface area (Å²) in [5.74, 6) is -1.37. The topological polar surface area (TPSA) is 78.9 Å². The van der Waals surface area contributed by atoms with Crippen LogP contribution in [0, 0.1) is 5.41 Å². The van der Waals surface area contributed by atoms with Crippen molar-refractivity contribution in [2.75, 3.05) is 38.2 Å². The summed E-state index contributed by atoms with van der Waals surface area (Å²) in [6.07, 6.45) is 5.38. The molecule has 1 amide bonds. The Bertz CT molecular complexity index is 630. The Morgan fingerprint density at radius 1 is 1.04 bits per heavy atom. The molecule has 1 aliphatic carbocycles. The SMILES string of the molecule is O=C(O)C1(C(=O)Nc2ccc(CCN3CCOCC3)cc2)CCCCCC1. The molecule has 0 bridgehead atoms. The highest BCUT2D eigenvalue weighted by Gasteiger charge is 2.45. The molecule has 6 nitrogen and oxygen atoms in total. The lowest BCUT2D eigenvalue weighted by Crippen LogP contribution is -2.42. The molecule has 6 heteroatoms. The van der Waals surface area contributed by atoms with Gasteiger partial charge in [-0.3, -0.25) is 14.5 Å². The summed E-state index contributed by atoms with van der Waals surface area (Å²) < 4.78 is 5.36. The zero-order valence-corrected chi connectivity index (χ0v) is 15.9. The quantitative estimate of drug-likeness (QED) is 0.591. The molecule has 3 rings (SSSR count). The molecule has 1 heterocycles. The summed E-state index contributed by atoms with van der Waals surface area (Å²) in [7, 11) is 0. The highest BCUT2D eigenvalue weighted by molar-refractivity contribution is 6.08. The summed E-state index contributed by atoms with van der Waals surface area (Å²) in [4.78, 5) is 27.1. The first kappa shape index (κ1) is 19.8. The third-order valence-corrected chi connectivity index (χ3v) is 5.83. The maximum absolute atomic E-state index is 12.8. The van der Waals surface area contributed by atoms with Crippen LogP contribution in [0.3, 0.4) is 0 Å². The molecule has 1 aromatic carbocycles. The van der Waals surface area contributed by atoms with E-state index in [0.717, 1.165) is 65.0 Å². The minimum atomic E-state index is -1.29. The molecule has 1 aromatic rings. The second-order valence-electron chi connectivity index (χ2n) is 7.66. The molecule has 148 valence electrons. The molecule has 1 saturated carbocycles. The summed E-state index contributed by atoms with van der Waals surface area (Å²) in [6.45, 7) is 4.56. The minimum Gasteiger partial charge on any atom is -0.480 e. The van der Waals surface area contributed by atoms with E-state index in [0.29, 0.717) is 18.5 Å². The first-order valence-corrected chi connectivity index (χ1v) is 10.0. The second-order valence-corrected chi connectivity index (χ2v) is 7.66. The first-order chi connectivity index (χ1) is 13.1. The van der Waals surface area contributed by atoms with Crippen LogP contribution >= 0.6 is 0 Å². The van der Waals surface area contributed by atoms with E-state index >= 15 is 0 Å². The largest absolute Gasteiger partial charge is 0.480 e. The monoisotopic (exact) mass is 374 g/mol. The van der Waals surface area contributed by atoms with Crippen molar-refractivity contribution < 1.29 is 19.4 Å². The Kier molecular flexibility index (Phi) is 6.85. The van der Waals surface area contributed by atoms with Crippen LogP contribution in [0.25, 0.3) is 0 Å². The lowest BCUT2D eigenvalue weighted by atomic mass is 9.79. The Morgan fingerprint density at radius 3 is 2.26 bits per heavy atom. The number of carbonyl (C=O) groups excluding carboxylic acids is 1. The van der Waals surface area contributed by atoms with Gasteiger partial charge >= 0.3 is 5.97 Å². The molecule has 2 aliphatic rings. The van der Waals surface area contributed by atoms with Crippen molar-refractivity contribution in [2.24, 2.45) is 5.41 Å². The van der Waals surface area contributed by atoms with E-state index in [4.69, 9.17) is 4.74 Å². The third-order valence-electron chi connectivity index (χ3n) is 5.83. The van der Waals surface area contributed by atoms with Crippen LogP contribution in [0.2, 0.25) is 0 Å². The number of nitrogens with one attached hydrogen (secondary N) is 1. The fraction of sp³-hybridized carbons (Fsp3) is 0.619. The van der Waals surface area contributed by atoms with Gasteiger partial charge in [-0.25, -0.2) is 0 Å². The molecule has 0 aromatic heterocycles. The standard InChI is InChI=1S/C21H30N2O4/c24-19(21(20(25)26)10-3-1-2-4-11-21)22-18-7-5-17(6-8-18)9-12-23-13-15-27-16-14-23/h5-8H,1-4,9-16H2,(H,22,24)(H,25,26). The predicted octanol–water partition coefficient (Wildman–Crippen LogP) is 2.93. The number of hydrogen-bond donors (Lipinski definition) is 2. The number of ether oxygens (including phenoxy) is 1. The van der Waals surface area contributed by atoms with Gasteiger partial charge in [0.2, 0.25) is 5.91 Å². The summed E-state index contributed by atoms with van der Waals surface area (Å²) in [6, 6.07) is 7.77. The van der Waals surface area contributed by atoms with Gasteiger partial charge in [0.15, 0.2) is 0 Å². The fourth-order valence-electron chi connectivity index (χ4n) is 3.99. The Morgan fingerprint density at radius 2 is 1.67 bits per heavy atom. The van der Waals surface area contributed by atoms with Crippen molar-refractivity contribution in [3.05, 3.63) is 29.8 Å². The van der Waals surface area contributed by atoms with Crippen LogP contribution < -0.4 is 5.32 Å². The van der Waals surface area contributed by atoms with E-state index in [-0.39, 0.29) is 5.91 Å². The highest BCUT2D eigenvalue weighted by Crippen LogP contribution is 2.36. The van der Waals surface area contributed by atoms with Gasteiger partial charge in [0, 0.05) is 25.3 Å². The molecule has 0 radical (unpaired) electrons. The van der Waals surface area contributed by atoms with Crippen molar-refractivity contribution >= 4 is 17.6 Å². The van der Waals surface area contributed by atoms with Crippen molar-refractivity contribution in [3.63, 3.8) is 0 Å². The number of aliphatic carboxylic acids is 1. The van der Waals surface area contributed by atoms with Gasteiger partial charge in [-0.05, 0) is 37.0 Å². The van der Waals surface area contributed by atoms with E-state index in [1.165, 1.54) is 5.56 Å². The van der Waals surface area contributed by atoms with Gasteiger partial charge < -0.3 is 15.2 Å². The fourth-order valence-corrected chi connectivity index (χ4v) is 3.99. The average Bonchev–Trinajstić information content (AvgIpc) is 2.95. The third kappa shape index (κ3) is 5.08. The van der Waals surface area contributed by atoms with Crippen LogP contribution in [0.1, 0.15) is 44.1 Å². The molecular formula is C21H30N2O4. The highest BCUT2D eigenvalue weighted by atomic mass is 16.5. The Hall–Kier alpha value is -1.92. The average molecular weight is 374 g/mol. The summed E-state index contributed by atoms with van der Waals surface area (Å²) in [5, 5.41) is 12.6. The first-order valence-electron chi connectivity index (χ1n) is 10.0. The normalized spacial score (nSPS) is 20.6. The summed E-state index contributed by atoms with van der Waals surface area (Å²) >= 11 is 0. The molecule has 1 saturated heterocycles. The smallest absolute Gasteiger partial charge is 0.319 e. The number of benzene rings is 1.